The first-order valence-electron chi connectivity index (χ1n) is 4.55. The number of amides is 1. The first-order chi connectivity index (χ1) is 7.67. The number of thioether (sulfide) groups is 1. The Labute approximate surface area is 97.7 Å². The second-order valence-electron chi connectivity index (χ2n) is 2.99. The molecule has 1 heterocycles. The Morgan fingerprint density at radius 1 is 1.69 bits per heavy atom. The summed E-state index contributed by atoms with van der Waals surface area (Å²) in [6, 6.07) is 3.46. The van der Waals surface area contributed by atoms with Crippen molar-refractivity contribution >= 4 is 23.5 Å². The number of hydrogen-bond acceptors (Lipinski definition) is 6. The lowest BCUT2D eigenvalue weighted by atomic mass is 10.4. The standard InChI is InChI=1S/C9H14N4O2S/c1-15-5-7(9(14)13-11)16-6-2-3-8(10)12-4-6/h2-4,7H,5,11H2,1H3,(H2,10,12)(H,13,14). The van der Waals surface area contributed by atoms with E-state index in [9.17, 15) is 4.79 Å². The van der Waals surface area contributed by atoms with E-state index in [-0.39, 0.29) is 12.5 Å². The van der Waals surface area contributed by atoms with E-state index in [1.165, 1.54) is 18.9 Å². The first-order valence-corrected chi connectivity index (χ1v) is 5.43. The summed E-state index contributed by atoms with van der Waals surface area (Å²) in [6.45, 7) is 0.276. The van der Waals surface area contributed by atoms with Crippen molar-refractivity contribution in [2.45, 2.75) is 10.1 Å². The third-order valence-electron chi connectivity index (χ3n) is 1.79. The largest absolute Gasteiger partial charge is 0.384 e. The molecule has 1 atom stereocenters. The molecule has 0 bridgehead atoms. The van der Waals surface area contributed by atoms with E-state index in [1.807, 2.05) is 0 Å². The molecule has 1 rings (SSSR count). The van der Waals surface area contributed by atoms with Gasteiger partial charge in [-0.15, -0.1) is 11.8 Å². The number of pyridine rings is 1. The second-order valence-corrected chi connectivity index (χ2v) is 4.27. The van der Waals surface area contributed by atoms with E-state index in [1.54, 1.807) is 18.3 Å². The number of ether oxygens (including phenoxy) is 1. The van der Waals surface area contributed by atoms with Crippen LogP contribution in [-0.4, -0.2) is 29.9 Å². The molecule has 0 spiro atoms. The zero-order chi connectivity index (χ0) is 12.0. The predicted molar refractivity (Wildman–Crippen MR) is 62.5 cm³/mol. The number of anilines is 1. The molecule has 7 heteroatoms. The van der Waals surface area contributed by atoms with Gasteiger partial charge in [-0.3, -0.25) is 10.2 Å². The van der Waals surface area contributed by atoms with Crippen molar-refractivity contribution in [2.75, 3.05) is 19.5 Å². The summed E-state index contributed by atoms with van der Waals surface area (Å²) in [5.74, 6) is 5.23. The van der Waals surface area contributed by atoms with Gasteiger partial charge in [-0.1, -0.05) is 0 Å². The first kappa shape index (κ1) is 12.8. The van der Waals surface area contributed by atoms with Crippen molar-refractivity contribution in [2.24, 2.45) is 5.84 Å². The van der Waals surface area contributed by atoms with E-state index in [0.29, 0.717) is 5.82 Å². The Morgan fingerprint density at radius 3 is 2.94 bits per heavy atom. The van der Waals surface area contributed by atoms with Crippen molar-refractivity contribution in [3.05, 3.63) is 18.3 Å². The number of carbonyl (C=O) groups is 1. The fourth-order valence-corrected chi connectivity index (χ4v) is 2.00. The van der Waals surface area contributed by atoms with Crippen LogP contribution >= 0.6 is 11.8 Å². The fourth-order valence-electron chi connectivity index (χ4n) is 1.03. The number of rotatable bonds is 5. The zero-order valence-corrected chi connectivity index (χ0v) is 9.66. The lowest BCUT2D eigenvalue weighted by molar-refractivity contribution is -0.121. The number of nitrogens with one attached hydrogen (secondary N) is 1. The maximum Gasteiger partial charge on any atom is 0.249 e. The molecule has 16 heavy (non-hydrogen) atoms. The highest BCUT2D eigenvalue weighted by Gasteiger charge is 2.18. The summed E-state index contributed by atoms with van der Waals surface area (Å²) in [4.78, 5) is 16.2. The summed E-state index contributed by atoms with van der Waals surface area (Å²) in [6.07, 6.45) is 1.60. The molecule has 0 saturated heterocycles. The number of hydrazine groups is 1. The van der Waals surface area contributed by atoms with Crippen LogP contribution in [0.15, 0.2) is 23.2 Å². The third-order valence-corrected chi connectivity index (χ3v) is 2.94. The van der Waals surface area contributed by atoms with Crippen LogP contribution in [0.25, 0.3) is 0 Å². The van der Waals surface area contributed by atoms with Crippen LogP contribution in [0.1, 0.15) is 0 Å². The molecule has 0 fully saturated rings. The average molecular weight is 242 g/mol. The minimum absolute atomic E-state index is 0.276. The monoisotopic (exact) mass is 242 g/mol. The van der Waals surface area contributed by atoms with Gasteiger partial charge in [0.2, 0.25) is 5.91 Å². The van der Waals surface area contributed by atoms with Crippen LogP contribution in [0.2, 0.25) is 0 Å². The van der Waals surface area contributed by atoms with E-state index in [4.69, 9.17) is 16.3 Å². The van der Waals surface area contributed by atoms with Crippen molar-refractivity contribution < 1.29 is 9.53 Å². The van der Waals surface area contributed by atoms with Crippen LogP contribution in [0, 0.1) is 0 Å². The Kier molecular flexibility index (Phi) is 5.03. The van der Waals surface area contributed by atoms with Gasteiger partial charge in [0, 0.05) is 18.2 Å². The molecule has 6 nitrogen and oxygen atoms in total. The maximum atomic E-state index is 11.4. The lowest BCUT2D eigenvalue weighted by Crippen LogP contribution is -2.39. The summed E-state index contributed by atoms with van der Waals surface area (Å²) < 4.78 is 4.94. The van der Waals surface area contributed by atoms with E-state index >= 15 is 0 Å². The highest BCUT2D eigenvalue weighted by molar-refractivity contribution is 8.00. The fraction of sp³-hybridized carbons (Fsp3) is 0.333. The highest BCUT2D eigenvalue weighted by Crippen LogP contribution is 2.23. The minimum Gasteiger partial charge on any atom is -0.384 e. The number of nitrogen functional groups attached to an aromatic ring is 1. The number of nitrogens with zero attached hydrogens (tertiary/aromatic N) is 1. The minimum atomic E-state index is -0.402. The van der Waals surface area contributed by atoms with Crippen LogP contribution in [0.4, 0.5) is 5.82 Å². The molecule has 1 unspecified atom stereocenters. The molecular formula is C9H14N4O2S. The molecule has 0 aliphatic heterocycles. The van der Waals surface area contributed by atoms with Gasteiger partial charge in [-0.2, -0.15) is 0 Å². The number of hydrogen-bond donors (Lipinski definition) is 3. The Balaban J connectivity index is 2.67. The number of aromatic nitrogens is 1. The molecule has 1 aromatic rings. The van der Waals surface area contributed by atoms with Gasteiger partial charge < -0.3 is 10.5 Å². The Morgan fingerprint density at radius 2 is 2.44 bits per heavy atom. The maximum absolute atomic E-state index is 11.4. The molecule has 1 amide bonds. The van der Waals surface area contributed by atoms with Gasteiger partial charge in [0.25, 0.3) is 0 Å². The molecule has 0 radical (unpaired) electrons. The van der Waals surface area contributed by atoms with Gasteiger partial charge in [0.05, 0.1) is 6.61 Å². The van der Waals surface area contributed by atoms with E-state index in [0.717, 1.165) is 4.90 Å². The van der Waals surface area contributed by atoms with Gasteiger partial charge in [-0.25, -0.2) is 10.8 Å². The topological polar surface area (TPSA) is 103 Å². The molecular weight excluding hydrogens is 228 g/mol. The van der Waals surface area contributed by atoms with Crippen molar-refractivity contribution in [1.29, 1.82) is 0 Å². The second kappa shape index (κ2) is 6.31. The van der Waals surface area contributed by atoms with Gasteiger partial charge in [0.1, 0.15) is 11.1 Å². The molecule has 88 valence electrons. The SMILES string of the molecule is COCC(Sc1ccc(N)nc1)C(=O)NN. The Hall–Kier alpha value is -1.31. The summed E-state index contributed by atoms with van der Waals surface area (Å²) in [5.41, 5.74) is 7.55. The average Bonchev–Trinajstić information content (AvgIpc) is 2.30. The Bertz CT molecular complexity index is 344. The number of nitrogens with two attached hydrogens (primary N) is 2. The van der Waals surface area contributed by atoms with E-state index < -0.39 is 5.25 Å². The number of carbonyl (C=O) groups excluding carboxylic acids is 1. The zero-order valence-electron chi connectivity index (χ0n) is 8.84. The highest BCUT2D eigenvalue weighted by atomic mass is 32.2. The molecule has 0 aliphatic carbocycles. The lowest BCUT2D eigenvalue weighted by Gasteiger charge is -2.13. The molecule has 0 aromatic carbocycles. The predicted octanol–water partition coefficient (Wildman–Crippen LogP) is -0.239. The summed E-state index contributed by atoms with van der Waals surface area (Å²) >= 11 is 1.32. The van der Waals surface area contributed by atoms with Gasteiger partial charge >= 0.3 is 0 Å². The quantitative estimate of drug-likeness (QED) is 0.285. The van der Waals surface area contributed by atoms with Crippen LogP contribution in [0.3, 0.4) is 0 Å². The van der Waals surface area contributed by atoms with Gasteiger partial charge in [-0.05, 0) is 12.1 Å². The summed E-state index contributed by atoms with van der Waals surface area (Å²) in [7, 11) is 1.53. The third kappa shape index (κ3) is 3.69. The summed E-state index contributed by atoms with van der Waals surface area (Å²) in [5, 5.41) is -0.402. The number of methoxy groups -OCH3 is 1. The van der Waals surface area contributed by atoms with Crippen LogP contribution in [-0.2, 0) is 9.53 Å². The van der Waals surface area contributed by atoms with Crippen LogP contribution < -0.4 is 17.0 Å². The molecule has 1 aromatic heterocycles. The van der Waals surface area contributed by atoms with Crippen molar-refractivity contribution in [3.63, 3.8) is 0 Å². The molecule has 5 N–H and O–H groups in total. The van der Waals surface area contributed by atoms with Crippen LogP contribution in [0.5, 0.6) is 0 Å². The van der Waals surface area contributed by atoms with E-state index in [2.05, 4.69) is 10.4 Å². The van der Waals surface area contributed by atoms with Crippen molar-refractivity contribution in [1.82, 2.24) is 10.4 Å². The molecule has 0 aliphatic rings. The molecule has 0 saturated carbocycles. The normalized spacial score (nSPS) is 12.1. The smallest absolute Gasteiger partial charge is 0.249 e. The van der Waals surface area contributed by atoms with Crippen molar-refractivity contribution in [3.8, 4) is 0 Å². The van der Waals surface area contributed by atoms with Gasteiger partial charge in [0.15, 0.2) is 0 Å².